The van der Waals surface area contributed by atoms with Crippen LogP contribution < -0.4 is 0 Å². The van der Waals surface area contributed by atoms with E-state index in [2.05, 4.69) is 15.9 Å². The van der Waals surface area contributed by atoms with E-state index in [1.807, 2.05) is 0 Å². The maximum absolute atomic E-state index is 11.2. The second kappa shape index (κ2) is 3.00. The van der Waals surface area contributed by atoms with Gasteiger partial charge in [0.1, 0.15) is 0 Å². The zero-order valence-electron chi connectivity index (χ0n) is 4.07. The van der Waals surface area contributed by atoms with Crippen LogP contribution in [0.15, 0.2) is 11.1 Å². The predicted octanol–water partition coefficient (Wildman–Crippen LogP) is 2.03. The molecule has 0 unspecified atom stereocenters. The molecule has 0 aliphatic heterocycles. The van der Waals surface area contributed by atoms with Crippen LogP contribution in [0.25, 0.3) is 0 Å². The molecule has 9 heavy (non-hydrogen) atoms. The Bertz CT molecular complexity index is 137. The number of carbonyl (C=O) groups is 1. The molecule has 0 aliphatic rings. The van der Waals surface area contributed by atoms with Crippen molar-refractivity contribution in [3.05, 3.63) is 11.1 Å². The van der Waals surface area contributed by atoms with Crippen molar-refractivity contribution in [1.82, 2.24) is 0 Å². The second-order valence-corrected chi connectivity index (χ2v) is 1.68. The molecule has 0 bridgehead atoms. The first-order valence-corrected chi connectivity index (χ1v) is 2.78. The van der Waals surface area contributed by atoms with Gasteiger partial charge in [-0.25, -0.2) is 0 Å². The number of carbonyl (C=O) groups excluding carboxylic acids is 1. The van der Waals surface area contributed by atoms with Crippen LogP contribution in [0.5, 0.6) is 0 Å². The van der Waals surface area contributed by atoms with E-state index in [1.54, 1.807) is 0 Å². The third-order valence-electron chi connectivity index (χ3n) is 0.494. The first-order chi connectivity index (χ1) is 3.98. The van der Waals surface area contributed by atoms with Crippen LogP contribution in [0.2, 0.25) is 0 Å². The molecule has 52 valence electrons. The molecular formula is C4H2BrF3O. The fourth-order valence-corrected chi connectivity index (χ4v) is 0.392. The summed E-state index contributed by atoms with van der Waals surface area (Å²) >= 11 is 2.54. The SMILES string of the molecule is O=C(C=CBr)C(F)(F)F. The number of alkyl halides is 3. The van der Waals surface area contributed by atoms with Crippen LogP contribution in [0.4, 0.5) is 13.2 Å². The van der Waals surface area contributed by atoms with Crippen LogP contribution in [-0.4, -0.2) is 12.0 Å². The molecule has 5 heteroatoms. The van der Waals surface area contributed by atoms with Gasteiger partial charge in [0.2, 0.25) is 0 Å². The highest BCUT2D eigenvalue weighted by Gasteiger charge is 2.35. The van der Waals surface area contributed by atoms with Gasteiger partial charge >= 0.3 is 6.18 Å². The molecule has 0 aromatic carbocycles. The molecule has 0 N–H and O–H groups in total. The molecule has 0 aliphatic carbocycles. The first kappa shape index (κ1) is 8.68. The van der Waals surface area contributed by atoms with Crippen molar-refractivity contribution in [2.75, 3.05) is 0 Å². The van der Waals surface area contributed by atoms with E-state index in [-0.39, 0.29) is 0 Å². The Kier molecular flexibility index (Phi) is 2.90. The Balaban J connectivity index is 4.06. The predicted molar refractivity (Wildman–Crippen MR) is 29.1 cm³/mol. The zero-order chi connectivity index (χ0) is 7.49. The van der Waals surface area contributed by atoms with E-state index < -0.39 is 12.0 Å². The van der Waals surface area contributed by atoms with Gasteiger partial charge in [-0.1, -0.05) is 15.9 Å². The van der Waals surface area contributed by atoms with E-state index in [0.717, 1.165) is 4.99 Å². The van der Waals surface area contributed by atoms with Gasteiger partial charge < -0.3 is 0 Å². The molecule has 0 aromatic heterocycles. The minimum atomic E-state index is -4.75. The van der Waals surface area contributed by atoms with E-state index in [1.165, 1.54) is 0 Å². The van der Waals surface area contributed by atoms with Gasteiger partial charge in [0.25, 0.3) is 5.78 Å². The third-order valence-corrected chi connectivity index (χ3v) is 0.758. The topological polar surface area (TPSA) is 17.1 Å². The summed E-state index contributed by atoms with van der Waals surface area (Å²) in [7, 11) is 0. The molecule has 0 saturated carbocycles. The van der Waals surface area contributed by atoms with Gasteiger partial charge in [0.05, 0.1) is 0 Å². The molecule has 0 fully saturated rings. The van der Waals surface area contributed by atoms with E-state index in [0.29, 0.717) is 6.08 Å². The highest BCUT2D eigenvalue weighted by molar-refractivity contribution is 9.11. The quantitative estimate of drug-likeness (QED) is 0.595. The summed E-state index contributed by atoms with van der Waals surface area (Å²) in [5.74, 6) is -1.86. The minimum Gasteiger partial charge on any atom is -0.285 e. The summed E-state index contributed by atoms with van der Waals surface area (Å²) in [6.45, 7) is 0. The summed E-state index contributed by atoms with van der Waals surface area (Å²) < 4.78 is 33.6. The maximum Gasteiger partial charge on any atom is 0.454 e. The van der Waals surface area contributed by atoms with Gasteiger partial charge in [-0.15, -0.1) is 0 Å². The number of allylic oxidation sites excluding steroid dienone is 1. The van der Waals surface area contributed by atoms with E-state index >= 15 is 0 Å². The molecule has 1 nitrogen and oxygen atoms in total. The van der Waals surface area contributed by atoms with Crippen LogP contribution in [0.3, 0.4) is 0 Å². The lowest BCUT2D eigenvalue weighted by Gasteiger charge is -1.97. The average Bonchev–Trinajstić information content (AvgIpc) is 1.64. The van der Waals surface area contributed by atoms with Gasteiger partial charge in [-0.3, -0.25) is 4.79 Å². The molecule has 0 rings (SSSR count). The maximum atomic E-state index is 11.2. The highest BCUT2D eigenvalue weighted by Crippen LogP contribution is 2.16. The van der Waals surface area contributed by atoms with Gasteiger partial charge in [-0.2, -0.15) is 13.2 Å². The van der Waals surface area contributed by atoms with Crippen molar-refractivity contribution in [1.29, 1.82) is 0 Å². The Hall–Kier alpha value is -0.320. The summed E-state index contributed by atoms with van der Waals surface area (Å²) in [6, 6.07) is 0. The Morgan fingerprint density at radius 3 is 2.00 bits per heavy atom. The minimum absolute atomic E-state index is 0.403. The summed E-state index contributed by atoms with van der Waals surface area (Å²) in [6.07, 6.45) is -4.34. The normalized spacial score (nSPS) is 12.4. The number of halogens is 4. The smallest absolute Gasteiger partial charge is 0.285 e. The molecule has 0 spiro atoms. The Labute approximate surface area is 57.7 Å². The summed E-state index contributed by atoms with van der Waals surface area (Å²) in [5, 5.41) is 0. The molecule has 0 aromatic rings. The van der Waals surface area contributed by atoms with Crippen molar-refractivity contribution < 1.29 is 18.0 Å². The van der Waals surface area contributed by atoms with Crippen LogP contribution in [-0.2, 0) is 4.79 Å². The monoisotopic (exact) mass is 202 g/mol. The van der Waals surface area contributed by atoms with Gasteiger partial charge in [0, 0.05) is 0 Å². The molecule has 0 heterocycles. The van der Waals surface area contributed by atoms with Gasteiger partial charge in [-0.05, 0) is 11.1 Å². The summed E-state index contributed by atoms with van der Waals surface area (Å²) in [4.78, 5) is 10.7. The fraction of sp³-hybridized carbons (Fsp3) is 0.250. The molecule has 0 radical (unpaired) electrons. The van der Waals surface area contributed by atoms with Crippen LogP contribution >= 0.6 is 15.9 Å². The van der Waals surface area contributed by atoms with Crippen LogP contribution in [0.1, 0.15) is 0 Å². The molecule has 0 saturated heterocycles. The lowest BCUT2D eigenvalue weighted by molar-refractivity contribution is -0.165. The molecule has 0 atom stereocenters. The van der Waals surface area contributed by atoms with Crippen molar-refractivity contribution >= 4 is 21.7 Å². The largest absolute Gasteiger partial charge is 0.454 e. The number of hydrogen-bond donors (Lipinski definition) is 0. The lowest BCUT2D eigenvalue weighted by atomic mass is 10.4. The fourth-order valence-electron chi connectivity index (χ4n) is 0.152. The Morgan fingerprint density at radius 2 is 1.89 bits per heavy atom. The van der Waals surface area contributed by atoms with Crippen molar-refractivity contribution in [2.24, 2.45) is 0 Å². The molecular weight excluding hydrogens is 201 g/mol. The average molecular weight is 203 g/mol. The van der Waals surface area contributed by atoms with Crippen molar-refractivity contribution in [3.8, 4) is 0 Å². The number of hydrogen-bond acceptors (Lipinski definition) is 1. The molecule has 0 amide bonds. The lowest BCUT2D eigenvalue weighted by Crippen LogP contribution is -2.19. The number of rotatable bonds is 1. The highest BCUT2D eigenvalue weighted by atomic mass is 79.9. The first-order valence-electron chi connectivity index (χ1n) is 1.86. The van der Waals surface area contributed by atoms with Gasteiger partial charge in [0.15, 0.2) is 0 Å². The van der Waals surface area contributed by atoms with E-state index in [9.17, 15) is 18.0 Å². The van der Waals surface area contributed by atoms with E-state index in [4.69, 9.17) is 0 Å². The van der Waals surface area contributed by atoms with Crippen molar-refractivity contribution in [3.63, 3.8) is 0 Å². The summed E-state index contributed by atoms with van der Waals surface area (Å²) in [5.41, 5.74) is 0. The zero-order valence-corrected chi connectivity index (χ0v) is 5.66. The standard InChI is InChI=1S/C4H2BrF3O/c5-2-1-3(9)4(6,7)8/h1-2H. The Morgan fingerprint density at radius 1 is 1.44 bits per heavy atom. The van der Waals surface area contributed by atoms with Crippen LogP contribution in [0, 0.1) is 0 Å². The second-order valence-electron chi connectivity index (χ2n) is 1.15. The van der Waals surface area contributed by atoms with Crippen molar-refractivity contribution in [2.45, 2.75) is 6.18 Å². The third kappa shape index (κ3) is 3.29. The number of ketones is 1.